The van der Waals surface area contributed by atoms with E-state index >= 15 is 0 Å². The van der Waals surface area contributed by atoms with Gasteiger partial charge in [0.15, 0.2) is 0 Å². The normalized spacial score (nSPS) is 28.1. The summed E-state index contributed by atoms with van der Waals surface area (Å²) < 4.78 is 19.2. The molecule has 0 saturated carbocycles. The van der Waals surface area contributed by atoms with Crippen molar-refractivity contribution in [3.8, 4) is 0 Å². The molecular formula is C23H35FN4O2. The van der Waals surface area contributed by atoms with E-state index in [-0.39, 0.29) is 23.9 Å². The van der Waals surface area contributed by atoms with Gasteiger partial charge < -0.3 is 15.0 Å². The van der Waals surface area contributed by atoms with Gasteiger partial charge in [-0.2, -0.15) is 0 Å². The van der Waals surface area contributed by atoms with Gasteiger partial charge in [0.05, 0.1) is 12.1 Å². The maximum Gasteiger partial charge on any atom is 0.220 e. The minimum atomic E-state index is -0.180. The molecule has 0 radical (unpaired) electrons. The van der Waals surface area contributed by atoms with Crippen LogP contribution in [-0.2, 0) is 9.53 Å². The van der Waals surface area contributed by atoms with Gasteiger partial charge in [-0.1, -0.05) is 12.1 Å². The van der Waals surface area contributed by atoms with Gasteiger partial charge in [-0.05, 0) is 68.8 Å². The highest BCUT2D eigenvalue weighted by Gasteiger charge is 2.31. The topological polar surface area (TPSA) is 65.6 Å². The first-order chi connectivity index (χ1) is 14.7. The predicted molar refractivity (Wildman–Crippen MR) is 114 cm³/mol. The van der Waals surface area contributed by atoms with Crippen LogP contribution in [0, 0.1) is 17.7 Å². The molecule has 3 atom stereocenters. The van der Waals surface area contributed by atoms with E-state index in [2.05, 4.69) is 21.1 Å². The lowest BCUT2D eigenvalue weighted by Crippen LogP contribution is -2.39. The molecule has 30 heavy (non-hydrogen) atoms. The van der Waals surface area contributed by atoms with Gasteiger partial charge >= 0.3 is 0 Å². The third kappa shape index (κ3) is 6.00. The summed E-state index contributed by atoms with van der Waals surface area (Å²) in [5, 5.41) is 3.03. The highest BCUT2D eigenvalue weighted by Crippen LogP contribution is 2.28. The highest BCUT2D eigenvalue weighted by molar-refractivity contribution is 5.75. The lowest BCUT2D eigenvalue weighted by molar-refractivity contribution is -0.122. The van der Waals surface area contributed by atoms with Crippen LogP contribution < -0.4 is 16.2 Å². The zero-order chi connectivity index (χ0) is 20.8. The quantitative estimate of drug-likeness (QED) is 0.605. The molecular weight excluding hydrogens is 383 g/mol. The van der Waals surface area contributed by atoms with Crippen molar-refractivity contribution in [1.82, 2.24) is 21.1 Å². The van der Waals surface area contributed by atoms with E-state index in [1.165, 1.54) is 6.07 Å². The molecule has 3 aliphatic rings. The third-order valence-corrected chi connectivity index (χ3v) is 6.83. The Morgan fingerprint density at radius 3 is 2.90 bits per heavy atom. The summed E-state index contributed by atoms with van der Waals surface area (Å²) in [6, 6.07) is 7.05. The summed E-state index contributed by atoms with van der Waals surface area (Å²) in [6.45, 7) is 5.55. The molecule has 3 N–H and O–H groups in total. The first-order valence-corrected chi connectivity index (χ1v) is 11.5. The molecule has 1 amide bonds. The van der Waals surface area contributed by atoms with Crippen molar-refractivity contribution in [2.75, 3.05) is 39.3 Å². The molecule has 3 aliphatic heterocycles. The molecule has 0 spiro atoms. The second-order valence-electron chi connectivity index (χ2n) is 9.04. The molecule has 1 aromatic rings. The van der Waals surface area contributed by atoms with Crippen LogP contribution in [0.5, 0.6) is 0 Å². The van der Waals surface area contributed by atoms with Crippen LogP contribution in [0.3, 0.4) is 0 Å². The van der Waals surface area contributed by atoms with Crippen molar-refractivity contribution >= 4 is 5.91 Å². The average Bonchev–Trinajstić information content (AvgIpc) is 3.44. The molecule has 3 fully saturated rings. The number of likely N-dealkylation sites (tertiary alicyclic amines) is 1. The molecule has 166 valence electrons. The number of halogens is 1. The van der Waals surface area contributed by atoms with E-state index in [9.17, 15) is 9.18 Å². The Labute approximate surface area is 178 Å². The number of ether oxygens (including phenoxy) is 1. The molecule has 1 aromatic carbocycles. The van der Waals surface area contributed by atoms with Crippen molar-refractivity contribution < 1.29 is 13.9 Å². The number of hydrazine groups is 1. The first kappa shape index (κ1) is 21.7. The van der Waals surface area contributed by atoms with Gasteiger partial charge in [0, 0.05) is 38.6 Å². The Kier molecular flexibility index (Phi) is 7.71. The van der Waals surface area contributed by atoms with Gasteiger partial charge in [-0.25, -0.2) is 9.82 Å². The average molecular weight is 419 g/mol. The summed E-state index contributed by atoms with van der Waals surface area (Å²) in [6.07, 6.45) is 6.28. The second-order valence-corrected chi connectivity index (χ2v) is 9.04. The number of nitrogens with zero attached hydrogens (tertiary/aromatic N) is 1. The van der Waals surface area contributed by atoms with E-state index in [0.29, 0.717) is 24.8 Å². The summed E-state index contributed by atoms with van der Waals surface area (Å²) >= 11 is 0. The van der Waals surface area contributed by atoms with Gasteiger partial charge in [-0.3, -0.25) is 10.2 Å². The van der Waals surface area contributed by atoms with Gasteiger partial charge in [0.2, 0.25) is 5.91 Å². The Bertz CT molecular complexity index is 690. The van der Waals surface area contributed by atoms with Crippen LogP contribution >= 0.6 is 0 Å². The molecule has 0 bridgehead atoms. The molecule has 7 heteroatoms. The van der Waals surface area contributed by atoms with Gasteiger partial charge in [-0.15, -0.1) is 0 Å². The van der Waals surface area contributed by atoms with Crippen LogP contribution in [0.25, 0.3) is 0 Å². The Morgan fingerprint density at radius 2 is 2.13 bits per heavy atom. The maximum absolute atomic E-state index is 13.6. The number of hydrogen-bond acceptors (Lipinski definition) is 5. The van der Waals surface area contributed by atoms with Crippen LogP contribution in [-0.4, -0.2) is 56.2 Å². The SMILES string of the molecule is O=C(CCC1CCN(CC2CNNC2c2cccc(F)c2)CC1)NCC1CCCO1. The van der Waals surface area contributed by atoms with Crippen molar-refractivity contribution in [2.24, 2.45) is 11.8 Å². The van der Waals surface area contributed by atoms with Crippen LogP contribution in [0.1, 0.15) is 50.1 Å². The zero-order valence-electron chi connectivity index (χ0n) is 17.7. The fraction of sp³-hybridized carbons (Fsp3) is 0.696. The van der Waals surface area contributed by atoms with Crippen molar-refractivity contribution in [1.29, 1.82) is 0 Å². The maximum atomic E-state index is 13.6. The second kappa shape index (κ2) is 10.7. The van der Waals surface area contributed by atoms with Crippen molar-refractivity contribution in [3.63, 3.8) is 0 Å². The minimum absolute atomic E-state index is 0.144. The highest BCUT2D eigenvalue weighted by atomic mass is 19.1. The Morgan fingerprint density at radius 1 is 1.27 bits per heavy atom. The molecule has 3 saturated heterocycles. The van der Waals surface area contributed by atoms with Crippen LogP contribution in [0.4, 0.5) is 4.39 Å². The Hall–Kier alpha value is -1.54. The molecule has 6 nitrogen and oxygen atoms in total. The summed E-state index contributed by atoms with van der Waals surface area (Å²) in [5.74, 6) is 1.04. The van der Waals surface area contributed by atoms with E-state index in [4.69, 9.17) is 4.74 Å². The van der Waals surface area contributed by atoms with Crippen LogP contribution in [0.2, 0.25) is 0 Å². The van der Waals surface area contributed by atoms with E-state index in [0.717, 1.165) is 70.5 Å². The number of nitrogens with one attached hydrogen (secondary N) is 3. The summed E-state index contributed by atoms with van der Waals surface area (Å²) in [4.78, 5) is 14.6. The standard InChI is InChI=1S/C23H35FN4O2/c24-20-4-1-3-18(13-20)23-19(14-26-27-23)16-28-10-8-17(9-11-28)6-7-22(29)25-15-21-5-2-12-30-21/h1,3-4,13,17,19,21,23,26-27H,2,5-12,14-16H2,(H,25,29). The van der Waals surface area contributed by atoms with E-state index < -0.39 is 0 Å². The van der Waals surface area contributed by atoms with Crippen LogP contribution in [0.15, 0.2) is 24.3 Å². The number of amides is 1. The molecule has 3 unspecified atom stereocenters. The summed E-state index contributed by atoms with van der Waals surface area (Å²) in [5.41, 5.74) is 7.58. The number of benzene rings is 1. The van der Waals surface area contributed by atoms with Crippen molar-refractivity contribution in [2.45, 2.75) is 50.7 Å². The fourth-order valence-electron chi connectivity index (χ4n) is 5.01. The smallest absolute Gasteiger partial charge is 0.220 e. The molecule has 0 aromatic heterocycles. The minimum Gasteiger partial charge on any atom is -0.376 e. The first-order valence-electron chi connectivity index (χ1n) is 11.5. The lowest BCUT2D eigenvalue weighted by atomic mass is 9.90. The zero-order valence-corrected chi connectivity index (χ0v) is 17.7. The van der Waals surface area contributed by atoms with Gasteiger partial charge in [0.1, 0.15) is 5.82 Å². The number of hydrogen-bond donors (Lipinski definition) is 3. The largest absolute Gasteiger partial charge is 0.376 e. The number of carbonyl (C=O) groups excluding carboxylic acids is 1. The lowest BCUT2D eigenvalue weighted by Gasteiger charge is -2.34. The van der Waals surface area contributed by atoms with Gasteiger partial charge in [0.25, 0.3) is 0 Å². The number of rotatable bonds is 8. The van der Waals surface area contributed by atoms with E-state index in [1.807, 2.05) is 6.07 Å². The molecule has 0 aliphatic carbocycles. The summed E-state index contributed by atoms with van der Waals surface area (Å²) in [7, 11) is 0. The predicted octanol–water partition coefficient (Wildman–Crippen LogP) is 2.38. The van der Waals surface area contributed by atoms with E-state index in [1.54, 1.807) is 12.1 Å². The monoisotopic (exact) mass is 418 g/mol. The third-order valence-electron chi connectivity index (χ3n) is 6.83. The number of carbonyl (C=O) groups is 1. The molecule has 4 rings (SSSR count). The number of piperidine rings is 1. The fourth-order valence-corrected chi connectivity index (χ4v) is 5.01. The Balaban J connectivity index is 1.15. The van der Waals surface area contributed by atoms with Crippen molar-refractivity contribution in [3.05, 3.63) is 35.6 Å². The molecule has 3 heterocycles.